The van der Waals surface area contributed by atoms with Gasteiger partial charge >= 0.3 is 0 Å². The zero-order valence-electron chi connectivity index (χ0n) is 9.66. The molecule has 3 nitrogen and oxygen atoms in total. The highest BCUT2D eigenvalue weighted by atomic mass is 35.5. The van der Waals surface area contributed by atoms with Crippen LogP contribution in [0, 0.1) is 12.3 Å². The van der Waals surface area contributed by atoms with Gasteiger partial charge in [-0.3, -0.25) is 10.1 Å². The van der Waals surface area contributed by atoms with Gasteiger partial charge in [-0.1, -0.05) is 35.7 Å². The van der Waals surface area contributed by atoms with Gasteiger partial charge in [-0.15, -0.1) is 6.42 Å². The number of benzene rings is 1. The molecule has 0 heterocycles. The van der Waals surface area contributed by atoms with Crippen LogP contribution in [-0.4, -0.2) is 19.0 Å². The standard InChI is InChI=1S/C13H15ClN2O/c1-3-8-15-9-13(17)16-10(2)11-6-4-5-7-12(11)14/h1,4-7,10,15H,8-9H2,2H3,(H,16,17). The third-order valence-corrected chi connectivity index (χ3v) is 2.61. The molecule has 0 aliphatic heterocycles. The SMILES string of the molecule is C#CCNCC(=O)NC(C)c1ccccc1Cl. The van der Waals surface area contributed by atoms with Gasteiger partial charge in [-0.25, -0.2) is 0 Å². The Balaban J connectivity index is 2.50. The maximum atomic E-state index is 11.5. The first-order valence-corrected chi connectivity index (χ1v) is 5.71. The molecule has 0 fully saturated rings. The van der Waals surface area contributed by atoms with E-state index in [1.807, 2.05) is 25.1 Å². The smallest absolute Gasteiger partial charge is 0.234 e. The molecule has 2 N–H and O–H groups in total. The van der Waals surface area contributed by atoms with Gasteiger partial charge in [0.2, 0.25) is 5.91 Å². The Morgan fingerprint density at radius 3 is 2.88 bits per heavy atom. The molecule has 0 radical (unpaired) electrons. The maximum Gasteiger partial charge on any atom is 0.234 e. The van der Waals surface area contributed by atoms with Crippen LogP contribution in [0.3, 0.4) is 0 Å². The number of hydrogen-bond donors (Lipinski definition) is 2. The lowest BCUT2D eigenvalue weighted by atomic mass is 10.1. The molecule has 0 spiro atoms. The van der Waals surface area contributed by atoms with Crippen LogP contribution in [0.15, 0.2) is 24.3 Å². The van der Waals surface area contributed by atoms with Crippen LogP contribution >= 0.6 is 11.6 Å². The molecule has 0 aliphatic carbocycles. The van der Waals surface area contributed by atoms with Crippen LogP contribution < -0.4 is 10.6 Å². The van der Waals surface area contributed by atoms with E-state index in [4.69, 9.17) is 18.0 Å². The van der Waals surface area contributed by atoms with E-state index in [1.165, 1.54) is 0 Å². The molecular formula is C13H15ClN2O. The Kier molecular flexibility index (Phi) is 5.55. The van der Waals surface area contributed by atoms with E-state index < -0.39 is 0 Å². The average Bonchev–Trinajstić information content (AvgIpc) is 2.29. The van der Waals surface area contributed by atoms with Crippen LogP contribution in [0.4, 0.5) is 0 Å². The monoisotopic (exact) mass is 250 g/mol. The van der Waals surface area contributed by atoms with Crippen molar-refractivity contribution in [2.75, 3.05) is 13.1 Å². The molecule has 0 saturated carbocycles. The van der Waals surface area contributed by atoms with Crippen molar-refractivity contribution in [3.8, 4) is 12.3 Å². The summed E-state index contributed by atoms with van der Waals surface area (Å²) in [5.41, 5.74) is 0.902. The largest absolute Gasteiger partial charge is 0.348 e. The third kappa shape index (κ3) is 4.48. The molecule has 1 rings (SSSR count). The molecule has 90 valence electrons. The summed E-state index contributed by atoms with van der Waals surface area (Å²) in [7, 11) is 0. The second-order valence-corrected chi connectivity index (χ2v) is 4.03. The highest BCUT2D eigenvalue weighted by Gasteiger charge is 2.11. The molecule has 4 heteroatoms. The van der Waals surface area contributed by atoms with Crippen molar-refractivity contribution in [1.29, 1.82) is 0 Å². The topological polar surface area (TPSA) is 41.1 Å². The van der Waals surface area contributed by atoms with Gasteiger partial charge in [-0.2, -0.15) is 0 Å². The first-order valence-electron chi connectivity index (χ1n) is 5.33. The Bertz CT molecular complexity index is 426. The molecule has 1 unspecified atom stereocenters. The van der Waals surface area contributed by atoms with Crippen molar-refractivity contribution in [2.24, 2.45) is 0 Å². The fourth-order valence-electron chi connectivity index (χ4n) is 1.44. The van der Waals surface area contributed by atoms with Crippen molar-refractivity contribution in [3.05, 3.63) is 34.9 Å². The van der Waals surface area contributed by atoms with Gasteiger partial charge in [0.25, 0.3) is 0 Å². The van der Waals surface area contributed by atoms with Crippen LogP contribution in [-0.2, 0) is 4.79 Å². The van der Waals surface area contributed by atoms with E-state index in [-0.39, 0.29) is 18.5 Å². The van der Waals surface area contributed by atoms with Crippen molar-refractivity contribution in [1.82, 2.24) is 10.6 Å². The fourth-order valence-corrected chi connectivity index (χ4v) is 1.74. The van der Waals surface area contributed by atoms with Crippen LogP contribution in [0.1, 0.15) is 18.5 Å². The fraction of sp³-hybridized carbons (Fsp3) is 0.308. The Morgan fingerprint density at radius 1 is 1.53 bits per heavy atom. The minimum atomic E-state index is -0.121. The highest BCUT2D eigenvalue weighted by molar-refractivity contribution is 6.31. The van der Waals surface area contributed by atoms with E-state index in [1.54, 1.807) is 6.07 Å². The molecule has 1 aromatic carbocycles. The second kappa shape index (κ2) is 6.95. The minimum absolute atomic E-state index is 0.104. The van der Waals surface area contributed by atoms with Gasteiger partial charge in [0, 0.05) is 5.02 Å². The average molecular weight is 251 g/mol. The number of carbonyl (C=O) groups excluding carboxylic acids is 1. The Hall–Kier alpha value is -1.50. The maximum absolute atomic E-state index is 11.5. The van der Waals surface area contributed by atoms with E-state index in [0.717, 1.165) is 5.56 Å². The minimum Gasteiger partial charge on any atom is -0.348 e. The van der Waals surface area contributed by atoms with Crippen molar-refractivity contribution >= 4 is 17.5 Å². The summed E-state index contributed by atoms with van der Waals surface area (Å²) in [6.45, 7) is 2.48. The molecule has 0 aliphatic rings. The first kappa shape index (κ1) is 13.6. The van der Waals surface area contributed by atoms with Gasteiger partial charge in [0.1, 0.15) is 0 Å². The number of rotatable bonds is 5. The van der Waals surface area contributed by atoms with Crippen molar-refractivity contribution < 1.29 is 4.79 Å². The van der Waals surface area contributed by atoms with Gasteiger partial charge in [-0.05, 0) is 18.6 Å². The summed E-state index contributed by atoms with van der Waals surface area (Å²) >= 11 is 6.04. The molecule has 0 saturated heterocycles. The number of terminal acetylenes is 1. The van der Waals surface area contributed by atoms with Crippen LogP contribution in [0.2, 0.25) is 5.02 Å². The quantitative estimate of drug-likeness (QED) is 0.617. The molecule has 1 aromatic rings. The summed E-state index contributed by atoms with van der Waals surface area (Å²) in [6.07, 6.45) is 5.07. The van der Waals surface area contributed by atoms with E-state index >= 15 is 0 Å². The number of carbonyl (C=O) groups is 1. The lowest BCUT2D eigenvalue weighted by molar-refractivity contribution is -0.120. The molecule has 0 aromatic heterocycles. The lowest BCUT2D eigenvalue weighted by Crippen LogP contribution is -2.35. The Labute approximate surface area is 107 Å². The first-order chi connectivity index (χ1) is 8.15. The number of amides is 1. The summed E-state index contributed by atoms with van der Waals surface area (Å²) in [5, 5.41) is 6.32. The normalized spacial score (nSPS) is 11.6. The number of halogens is 1. The lowest BCUT2D eigenvalue weighted by Gasteiger charge is -2.15. The molecule has 1 amide bonds. The third-order valence-electron chi connectivity index (χ3n) is 2.26. The predicted octanol–water partition coefficient (Wildman–Crippen LogP) is 1.74. The van der Waals surface area contributed by atoms with Gasteiger partial charge in [0.15, 0.2) is 0 Å². The summed E-state index contributed by atoms with van der Waals surface area (Å²) in [6, 6.07) is 7.32. The Morgan fingerprint density at radius 2 is 2.24 bits per heavy atom. The van der Waals surface area contributed by atoms with Crippen LogP contribution in [0.5, 0.6) is 0 Å². The number of hydrogen-bond acceptors (Lipinski definition) is 2. The second-order valence-electron chi connectivity index (χ2n) is 3.62. The molecule has 0 bridgehead atoms. The van der Waals surface area contributed by atoms with Crippen molar-refractivity contribution in [3.63, 3.8) is 0 Å². The van der Waals surface area contributed by atoms with E-state index in [9.17, 15) is 4.79 Å². The zero-order chi connectivity index (χ0) is 12.7. The van der Waals surface area contributed by atoms with Gasteiger partial charge < -0.3 is 5.32 Å². The molecule has 1 atom stereocenters. The highest BCUT2D eigenvalue weighted by Crippen LogP contribution is 2.21. The van der Waals surface area contributed by atoms with Crippen LogP contribution in [0.25, 0.3) is 0 Å². The summed E-state index contributed by atoms with van der Waals surface area (Å²) in [5.74, 6) is 2.30. The van der Waals surface area contributed by atoms with Gasteiger partial charge in [0.05, 0.1) is 19.1 Å². The molecule has 17 heavy (non-hydrogen) atoms. The van der Waals surface area contributed by atoms with E-state index in [2.05, 4.69) is 16.6 Å². The molecular weight excluding hydrogens is 236 g/mol. The predicted molar refractivity (Wildman–Crippen MR) is 69.7 cm³/mol. The summed E-state index contributed by atoms with van der Waals surface area (Å²) < 4.78 is 0. The summed E-state index contributed by atoms with van der Waals surface area (Å²) in [4.78, 5) is 11.5. The number of nitrogens with one attached hydrogen (secondary N) is 2. The van der Waals surface area contributed by atoms with E-state index in [0.29, 0.717) is 11.6 Å². The zero-order valence-corrected chi connectivity index (χ0v) is 10.4. The van der Waals surface area contributed by atoms with Crippen molar-refractivity contribution in [2.45, 2.75) is 13.0 Å².